The zero-order valence-corrected chi connectivity index (χ0v) is 17.7. The van der Waals surface area contributed by atoms with Gasteiger partial charge in [-0.15, -0.1) is 0 Å². The molecule has 0 unspecified atom stereocenters. The highest BCUT2D eigenvalue weighted by Crippen LogP contribution is 2.38. The van der Waals surface area contributed by atoms with E-state index in [1.54, 1.807) is 14.0 Å². The first kappa shape index (κ1) is 20.5. The quantitative estimate of drug-likeness (QED) is 0.707. The molecule has 8 heteroatoms. The second-order valence-electron chi connectivity index (χ2n) is 6.86. The Morgan fingerprint density at radius 2 is 2.00 bits per heavy atom. The lowest BCUT2D eigenvalue weighted by Crippen LogP contribution is -3.14. The first-order valence-corrected chi connectivity index (χ1v) is 10.7. The summed E-state index contributed by atoms with van der Waals surface area (Å²) in [6, 6.07) is 3.71. The number of fused-ring (bicyclic) bond motifs is 1. The van der Waals surface area contributed by atoms with Crippen LogP contribution in [-0.4, -0.2) is 61.3 Å². The van der Waals surface area contributed by atoms with Crippen LogP contribution in [0.5, 0.6) is 5.75 Å². The van der Waals surface area contributed by atoms with Gasteiger partial charge in [0.05, 0.1) is 43.6 Å². The van der Waals surface area contributed by atoms with E-state index in [9.17, 15) is 9.59 Å². The van der Waals surface area contributed by atoms with Crippen molar-refractivity contribution in [3.8, 4) is 5.75 Å². The molecular weight excluding hydrogens is 378 g/mol. The van der Waals surface area contributed by atoms with Crippen LogP contribution >= 0.6 is 11.8 Å². The highest BCUT2D eigenvalue weighted by molar-refractivity contribution is 7.99. The molecule has 0 spiro atoms. The Morgan fingerprint density at radius 1 is 1.29 bits per heavy atom. The molecule has 0 bridgehead atoms. The van der Waals surface area contributed by atoms with Gasteiger partial charge in [0, 0.05) is 29.6 Å². The number of carbonyl (C=O) groups is 2. The predicted octanol–water partition coefficient (Wildman–Crippen LogP) is 1.24. The number of methoxy groups -OCH3 is 1. The number of nitrogens with zero attached hydrogens (tertiary/aromatic N) is 1. The van der Waals surface area contributed by atoms with Gasteiger partial charge in [-0.05, 0) is 26.0 Å². The van der Waals surface area contributed by atoms with Crippen LogP contribution in [0, 0.1) is 6.92 Å². The summed E-state index contributed by atoms with van der Waals surface area (Å²) in [6.07, 6.45) is 0. The minimum atomic E-state index is -0.395. The number of aromatic nitrogens is 1. The average molecular weight is 407 g/mol. The largest absolute Gasteiger partial charge is 0.495 e. The number of aryl methyl sites for hydroxylation is 1. The molecule has 0 radical (unpaired) electrons. The normalized spacial score (nSPS) is 14.9. The molecule has 2 heterocycles. The molecule has 28 heavy (non-hydrogen) atoms. The number of amides is 1. The zero-order chi connectivity index (χ0) is 20.3. The third-order valence-corrected chi connectivity index (χ3v) is 6.18. The monoisotopic (exact) mass is 406 g/mol. The van der Waals surface area contributed by atoms with Crippen LogP contribution in [0.15, 0.2) is 12.1 Å². The number of ether oxygens (including phenoxy) is 2. The van der Waals surface area contributed by atoms with Crippen molar-refractivity contribution in [2.45, 2.75) is 13.8 Å². The van der Waals surface area contributed by atoms with Crippen molar-refractivity contribution in [3.63, 3.8) is 0 Å². The van der Waals surface area contributed by atoms with Gasteiger partial charge in [0.25, 0.3) is 5.91 Å². The molecule has 1 amide bonds. The minimum Gasteiger partial charge on any atom is -0.495 e. The number of hydrogen-bond acceptors (Lipinski definition) is 5. The number of hydrogen-bond donors (Lipinski definition) is 2. The molecule has 1 aromatic heterocycles. The standard InChI is InChI=1S/C20H27N3O4S/c1-5-27-20(25)17-13(2)22(3)14-6-7-15(26-4)19(18(14)17)21-16(24)12-23-8-10-28-11-9-23/h6-7H,5,8-12H2,1-4H3,(H,21,24)/p+1. The fourth-order valence-electron chi connectivity index (χ4n) is 3.63. The van der Waals surface area contributed by atoms with Gasteiger partial charge in [-0.1, -0.05) is 0 Å². The maximum Gasteiger partial charge on any atom is 0.340 e. The van der Waals surface area contributed by atoms with Crippen LogP contribution in [-0.2, 0) is 16.6 Å². The van der Waals surface area contributed by atoms with Crippen molar-refractivity contribution < 1.29 is 24.0 Å². The molecule has 0 aliphatic carbocycles. The number of nitrogens with one attached hydrogen (secondary N) is 2. The molecule has 0 atom stereocenters. The van der Waals surface area contributed by atoms with Crippen LogP contribution in [0.25, 0.3) is 10.9 Å². The molecule has 2 N–H and O–H groups in total. The summed E-state index contributed by atoms with van der Waals surface area (Å²) in [5.41, 5.74) is 2.63. The third kappa shape index (κ3) is 3.98. The van der Waals surface area contributed by atoms with Crippen molar-refractivity contribution in [1.29, 1.82) is 0 Å². The van der Waals surface area contributed by atoms with Gasteiger partial charge >= 0.3 is 5.97 Å². The van der Waals surface area contributed by atoms with E-state index in [4.69, 9.17) is 9.47 Å². The molecule has 1 aliphatic rings. The van der Waals surface area contributed by atoms with E-state index in [1.165, 1.54) is 4.90 Å². The second-order valence-corrected chi connectivity index (χ2v) is 8.09. The van der Waals surface area contributed by atoms with Gasteiger partial charge in [0.2, 0.25) is 0 Å². The lowest BCUT2D eigenvalue weighted by molar-refractivity contribution is -0.887. The van der Waals surface area contributed by atoms with E-state index in [0.717, 1.165) is 35.8 Å². The van der Waals surface area contributed by atoms with Gasteiger partial charge < -0.3 is 24.3 Å². The van der Waals surface area contributed by atoms with Crippen LogP contribution in [0.3, 0.4) is 0 Å². The lowest BCUT2D eigenvalue weighted by Gasteiger charge is -2.23. The molecule has 1 aromatic carbocycles. The fourth-order valence-corrected chi connectivity index (χ4v) is 4.70. The van der Waals surface area contributed by atoms with E-state index >= 15 is 0 Å². The summed E-state index contributed by atoms with van der Waals surface area (Å²) in [7, 11) is 3.46. The Labute approximate surface area is 169 Å². The number of anilines is 1. The molecular formula is C20H28N3O4S+. The predicted molar refractivity (Wildman–Crippen MR) is 112 cm³/mol. The van der Waals surface area contributed by atoms with E-state index in [2.05, 4.69) is 5.32 Å². The first-order valence-electron chi connectivity index (χ1n) is 9.52. The van der Waals surface area contributed by atoms with Crippen molar-refractivity contribution in [2.75, 3.05) is 50.2 Å². The molecule has 1 fully saturated rings. The molecule has 1 aliphatic heterocycles. The lowest BCUT2D eigenvalue weighted by atomic mass is 10.1. The summed E-state index contributed by atoms with van der Waals surface area (Å²) in [6.45, 7) is 6.31. The fraction of sp³-hybridized carbons (Fsp3) is 0.500. The summed E-state index contributed by atoms with van der Waals surface area (Å²) in [5, 5.41) is 3.68. The molecule has 152 valence electrons. The second kappa shape index (κ2) is 8.87. The summed E-state index contributed by atoms with van der Waals surface area (Å²) in [4.78, 5) is 26.7. The Kier molecular flexibility index (Phi) is 6.51. The van der Waals surface area contributed by atoms with Crippen LogP contribution in [0.2, 0.25) is 0 Å². The number of esters is 1. The third-order valence-electron chi connectivity index (χ3n) is 5.20. The van der Waals surface area contributed by atoms with Gasteiger partial charge in [-0.2, -0.15) is 11.8 Å². The van der Waals surface area contributed by atoms with E-state index in [-0.39, 0.29) is 12.5 Å². The molecule has 1 saturated heterocycles. The van der Waals surface area contributed by atoms with Crippen molar-refractivity contribution in [3.05, 3.63) is 23.4 Å². The average Bonchev–Trinajstić information content (AvgIpc) is 2.94. The Balaban J connectivity index is 2.02. The highest BCUT2D eigenvalue weighted by Gasteiger charge is 2.26. The van der Waals surface area contributed by atoms with Gasteiger partial charge in [-0.25, -0.2) is 4.79 Å². The van der Waals surface area contributed by atoms with Gasteiger partial charge in [-0.3, -0.25) is 4.79 Å². The van der Waals surface area contributed by atoms with Gasteiger partial charge in [0.1, 0.15) is 5.75 Å². The van der Waals surface area contributed by atoms with E-state index in [0.29, 0.717) is 28.9 Å². The first-order chi connectivity index (χ1) is 13.5. The van der Waals surface area contributed by atoms with Crippen molar-refractivity contribution >= 4 is 40.2 Å². The molecule has 0 saturated carbocycles. The van der Waals surface area contributed by atoms with Crippen LogP contribution in [0.1, 0.15) is 23.0 Å². The Hall–Kier alpha value is -2.19. The van der Waals surface area contributed by atoms with Crippen molar-refractivity contribution in [2.24, 2.45) is 7.05 Å². The number of thioether (sulfide) groups is 1. The van der Waals surface area contributed by atoms with Crippen LogP contribution in [0.4, 0.5) is 5.69 Å². The Morgan fingerprint density at radius 3 is 2.64 bits per heavy atom. The SMILES string of the molecule is CCOC(=O)c1c(C)n(C)c2ccc(OC)c(NC(=O)C[NH+]3CCSCC3)c12. The smallest absolute Gasteiger partial charge is 0.340 e. The van der Waals surface area contributed by atoms with Crippen molar-refractivity contribution in [1.82, 2.24) is 4.57 Å². The zero-order valence-electron chi connectivity index (χ0n) is 16.9. The maximum absolute atomic E-state index is 12.8. The Bertz CT molecular complexity index is 887. The number of benzene rings is 1. The summed E-state index contributed by atoms with van der Waals surface area (Å²) >= 11 is 1.93. The topological polar surface area (TPSA) is 74.0 Å². The maximum atomic E-state index is 12.8. The van der Waals surface area contributed by atoms with Crippen LogP contribution < -0.4 is 15.0 Å². The highest BCUT2D eigenvalue weighted by atomic mass is 32.2. The number of quaternary nitrogens is 1. The van der Waals surface area contributed by atoms with E-state index in [1.807, 2.05) is 42.4 Å². The minimum absolute atomic E-state index is 0.0796. The summed E-state index contributed by atoms with van der Waals surface area (Å²) < 4.78 is 12.7. The van der Waals surface area contributed by atoms with Gasteiger partial charge in [0.15, 0.2) is 6.54 Å². The summed E-state index contributed by atoms with van der Waals surface area (Å²) in [5.74, 6) is 2.21. The molecule has 3 rings (SSSR count). The molecule has 2 aromatic rings. The van der Waals surface area contributed by atoms with E-state index < -0.39 is 5.97 Å². The molecule has 7 nitrogen and oxygen atoms in total. The number of rotatable bonds is 6. The number of carbonyl (C=O) groups excluding carboxylic acids is 2.